The van der Waals surface area contributed by atoms with E-state index in [-0.39, 0.29) is 0 Å². The Kier molecular flexibility index (Phi) is 5.32. The maximum absolute atomic E-state index is 9.56. The van der Waals surface area contributed by atoms with E-state index in [4.69, 9.17) is 4.42 Å². The molecule has 0 unspecified atom stereocenters. The van der Waals surface area contributed by atoms with Gasteiger partial charge in [0.05, 0.1) is 22.7 Å². The van der Waals surface area contributed by atoms with Gasteiger partial charge in [-0.15, -0.1) is 0 Å². The fourth-order valence-corrected chi connectivity index (χ4v) is 7.82. The van der Waals surface area contributed by atoms with Crippen LogP contribution in [0.5, 0.6) is 0 Å². The number of aromatic nitrogens is 1. The third kappa shape index (κ3) is 3.69. The molecule has 6 aromatic carbocycles. The summed E-state index contributed by atoms with van der Waals surface area (Å²) in [5.41, 5.74) is 13.5. The number of thioether (sulfide) groups is 1. The second-order valence-corrected chi connectivity index (χ2v) is 12.2. The minimum atomic E-state index is 0.678. The summed E-state index contributed by atoms with van der Waals surface area (Å²) < 4.78 is 8.71. The molecule has 0 N–H and O–H groups in total. The second-order valence-electron chi connectivity index (χ2n) is 11.2. The van der Waals surface area contributed by atoms with Crippen LogP contribution < -0.4 is 0 Å². The molecule has 0 amide bonds. The number of benzene rings is 6. The van der Waals surface area contributed by atoms with Crippen LogP contribution in [-0.4, -0.2) is 4.57 Å². The van der Waals surface area contributed by atoms with Crippen LogP contribution in [0.4, 0.5) is 0 Å². The van der Waals surface area contributed by atoms with Crippen molar-refractivity contribution in [1.82, 2.24) is 4.57 Å². The van der Waals surface area contributed by atoms with E-state index in [2.05, 4.69) is 108 Å². The molecule has 0 atom stereocenters. The predicted octanol–water partition coefficient (Wildman–Crippen LogP) is 10.6. The molecule has 8 aromatic rings. The molecule has 0 radical (unpaired) electrons. The predicted molar refractivity (Wildman–Crippen MR) is 179 cm³/mol. The summed E-state index contributed by atoms with van der Waals surface area (Å²) in [5, 5.41) is 14.1. The number of nitrogens with zero attached hydrogens (tertiary/aromatic N) is 2. The number of hydrogen-bond donors (Lipinski definition) is 0. The van der Waals surface area contributed by atoms with Crippen molar-refractivity contribution in [2.24, 2.45) is 0 Å². The van der Waals surface area contributed by atoms with E-state index in [9.17, 15) is 5.26 Å². The SMILES string of the molecule is N#Cc1ccc2c(c1)c1ccccc1n2-c1ccc2c(c1)-c1ccc(-c3cccc4c3oc3ccccc34)cc1CSC2. The van der Waals surface area contributed by atoms with E-state index in [0.717, 1.165) is 66.5 Å². The molecule has 0 saturated carbocycles. The molecule has 0 bridgehead atoms. The zero-order valence-corrected chi connectivity index (χ0v) is 24.0. The summed E-state index contributed by atoms with van der Waals surface area (Å²) in [7, 11) is 0. The third-order valence-electron chi connectivity index (χ3n) is 8.78. The number of furan rings is 1. The van der Waals surface area contributed by atoms with Crippen LogP contribution in [0.25, 0.3) is 71.7 Å². The van der Waals surface area contributed by atoms with Crippen molar-refractivity contribution in [3.05, 3.63) is 138 Å². The molecule has 9 rings (SSSR count). The molecule has 4 heteroatoms. The van der Waals surface area contributed by atoms with Crippen LogP contribution in [0.2, 0.25) is 0 Å². The van der Waals surface area contributed by atoms with Gasteiger partial charge in [0, 0.05) is 44.3 Å². The highest BCUT2D eigenvalue weighted by Gasteiger charge is 2.20. The lowest BCUT2D eigenvalue weighted by Crippen LogP contribution is -1.97. The summed E-state index contributed by atoms with van der Waals surface area (Å²) in [6.07, 6.45) is 0. The van der Waals surface area contributed by atoms with Gasteiger partial charge in [-0.3, -0.25) is 0 Å². The fourth-order valence-electron chi connectivity index (χ4n) is 6.79. The Morgan fingerprint density at radius 3 is 2.35 bits per heavy atom. The van der Waals surface area contributed by atoms with Gasteiger partial charge in [-0.05, 0) is 76.3 Å². The fraction of sp³-hybridized carbons (Fsp3) is 0.0513. The molecule has 3 heterocycles. The van der Waals surface area contributed by atoms with E-state index in [0.29, 0.717) is 5.56 Å². The van der Waals surface area contributed by atoms with E-state index in [1.54, 1.807) is 0 Å². The molecule has 3 nitrogen and oxygen atoms in total. The van der Waals surface area contributed by atoms with Gasteiger partial charge < -0.3 is 8.98 Å². The Balaban J connectivity index is 1.22. The van der Waals surface area contributed by atoms with Crippen molar-refractivity contribution >= 4 is 55.5 Å². The zero-order chi connectivity index (χ0) is 28.5. The summed E-state index contributed by atoms with van der Waals surface area (Å²) in [4.78, 5) is 0. The van der Waals surface area contributed by atoms with Crippen molar-refractivity contribution < 1.29 is 4.42 Å². The monoisotopic (exact) mass is 568 g/mol. The van der Waals surface area contributed by atoms with Crippen LogP contribution in [0.3, 0.4) is 0 Å². The quantitative estimate of drug-likeness (QED) is 0.208. The molecule has 43 heavy (non-hydrogen) atoms. The summed E-state index contributed by atoms with van der Waals surface area (Å²) in [6.45, 7) is 0. The van der Waals surface area contributed by atoms with E-state index in [1.165, 1.54) is 27.8 Å². The highest BCUT2D eigenvalue weighted by Crippen LogP contribution is 2.42. The molecule has 1 aliphatic rings. The van der Waals surface area contributed by atoms with Crippen LogP contribution in [-0.2, 0) is 11.5 Å². The van der Waals surface area contributed by atoms with Gasteiger partial charge in [-0.2, -0.15) is 17.0 Å². The summed E-state index contributed by atoms with van der Waals surface area (Å²) >= 11 is 1.96. The van der Waals surface area contributed by atoms with Crippen LogP contribution >= 0.6 is 11.8 Å². The zero-order valence-electron chi connectivity index (χ0n) is 23.2. The topological polar surface area (TPSA) is 41.9 Å². The lowest BCUT2D eigenvalue weighted by atomic mass is 9.92. The second kappa shape index (κ2) is 9.39. The highest BCUT2D eigenvalue weighted by atomic mass is 32.2. The molecule has 202 valence electrons. The van der Waals surface area contributed by atoms with Crippen molar-refractivity contribution in [2.75, 3.05) is 0 Å². The van der Waals surface area contributed by atoms with Crippen molar-refractivity contribution in [3.8, 4) is 34.0 Å². The van der Waals surface area contributed by atoms with Crippen LogP contribution in [0.1, 0.15) is 16.7 Å². The average molecular weight is 569 g/mol. The Labute approximate surface area is 252 Å². The van der Waals surface area contributed by atoms with Crippen molar-refractivity contribution in [2.45, 2.75) is 11.5 Å². The van der Waals surface area contributed by atoms with Gasteiger partial charge in [0.15, 0.2) is 0 Å². The number of para-hydroxylation sites is 3. The lowest BCUT2D eigenvalue weighted by molar-refractivity contribution is 0.670. The molecule has 0 spiro atoms. The van der Waals surface area contributed by atoms with Crippen LogP contribution in [0, 0.1) is 11.3 Å². The minimum Gasteiger partial charge on any atom is -0.455 e. The number of hydrogen-bond acceptors (Lipinski definition) is 3. The maximum atomic E-state index is 9.56. The molecular formula is C39H24N2OS. The van der Waals surface area contributed by atoms with Gasteiger partial charge in [-0.25, -0.2) is 0 Å². The van der Waals surface area contributed by atoms with Gasteiger partial charge >= 0.3 is 0 Å². The van der Waals surface area contributed by atoms with E-state index in [1.807, 2.05) is 36.0 Å². The first-order valence-electron chi connectivity index (χ1n) is 14.4. The summed E-state index contributed by atoms with van der Waals surface area (Å²) in [5.74, 6) is 1.92. The Morgan fingerprint density at radius 1 is 0.605 bits per heavy atom. The number of rotatable bonds is 2. The molecule has 2 aromatic heterocycles. The number of fused-ring (bicyclic) bond motifs is 9. The Hall–Kier alpha value is -5.24. The average Bonchev–Trinajstić information content (AvgIpc) is 3.54. The molecule has 0 aliphatic carbocycles. The minimum absolute atomic E-state index is 0.678. The van der Waals surface area contributed by atoms with Gasteiger partial charge in [0.1, 0.15) is 11.2 Å². The first kappa shape index (κ1) is 24.4. The lowest BCUT2D eigenvalue weighted by Gasteiger charge is -2.15. The van der Waals surface area contributed by atoms with Crippen molar-refractivity contribution in [3.63, 3.8) is 0 Å². The Morgan fingerprint density at radius 2 is 1.42 bits per heavy atom. The first-order valence-corrected chi connectivity index (χ1v) is 15.6. The highest BCUT2D eigenvalue weighted by molar-refractivity contribution is 7.97. The van der Waals surface area contributed by atoms with Crippen LogP contribution in [0.15, 0.2) is 126 Å². The molecule has 0 saturated heterocycles. The van der Waals surface area contributed by atoms with Gasteiger partial charge in [0.25, 0.3) is 0 Å². The van der Waals surface area contributed by atoms with Crippen molar-refractivity contribution in [1.29, 1.82) is 5.26 Å². The Bertz CT molecular complexity index is 2460. The first-order chi connectivity index (χ1) is 21.3. The normalized spacial score (nSPS) is 12.8. The van der Waals surface area contributed by atoms with E-state index < -0.39 is 0 Å². The number of nitriles is 1. The van der Waals surface area contributed by atoms with Gasteiger partial charge in [-0.1, -0.05) is 72.8 Å². The third-order valence-corrected chi connectivity index (χ3v) is 9.81. The standard InChI is InChI=1S/C39H24N2OS/c40-21-24-12-17-37-35(18-24)31-6-1-3-10-36(31)41(37)28-15-13-26-22-43-23-27-19-25(14-16-29(27)34(26)20-28)30-8-5-9-33-32-7-2-4-11-38(32)42-39(30)33/h1-20H,22-23H2. The molecule has 0 fully saturated rings. The molecular weight excluding hydrogens is 545 g/mol. The maximum Gasteiger partial charge on any atom is 0.143 e. The molecule has 1 aliphatic heterocycles. The van der Waals surface area contributed by atoms with Gasteiger partial charge in [0.2, 0.25) is 0 Å². The summed E-state index contributed by atoms with van der Waals surface area (Å²) in [6, 6.07) is 45.3. The largest absolute Gasteiger partial charge is 0.455 e. The van der Waals surface area contributed by atoms with E-state index >= 15 is 0 Å². The smallest absolute Gasteiger partial charge is 0.143 e.